The smallest absolute Gasteiger partial charge is 0.0600 e. The van der Waals surface area contributed by atoms with Gasteiger partial charge in [-0.1, -0.05) is 19.4 Å². The number of hydrogen-bond donors (Lipinski definition) is 2. The molecular formula is C21H34N4. The van der Waals surface area contributed by atoms with Gasteiger partial charge in [0.15, 0.2) is 0 Å². The van der Waals surface area contributed by atoms with Crippen molar-refractivity contribution >= 4 is 11.4 Å². The molecule has 0 aromatic heterocycles. The first-order valence-electron chi connectivity index (χ1n) is 10.2. The van der Waals surface area contributed by atoms with Crippen molar-refractivity contribution in [3.05, 3.63) is 11.6 Å². The molecule has 4 rings (SSSR count). The number of hydrazone groups is 2. The average Bonchev–Trinajstić information content (AvgIpc) is 2.97. The Kier molecular flexibility index (Phi) is 4.01. The van der Waals surface area contributed by atoms with E-state index in [0.29, 0.717) is 16.7 Å². The van der Waals surface area contributed by atoms with Gasteiger partial charge in [-0.2, -0.15) is 10.2 Å². The van der Waals surface area contributed by atoms with Crippen molar-refractivity contribution in [2.45, 2.75) is 72.1 Å². The van der Waals surface area contributed by atoms with E-state index in [-0.39, 0.29) is 0 Å². The van der Waals surface area contributed by atoms with Crippen molar-refractivity contribution in [2.75, 3.05) is 0 Å². The molecule has 4 aliphatic rings. The fourth-order valence-electron chi connectivity index (χ4n) is 7.45. The molecule has 0 aliphatic heterocycles. The average molecular weight is 343 g/mol. The molecule has 0 amide bonds. The first-order chi connectivity index (χ1) is 11.9. The highest BCUT2D eigenvalue weighted by atomic mass is 15.1. The van der Waals surface area contributed by atoms with Gasteiger partial charge in [0.1, 0.15) is 0 Å². The van der Waals surface area contributed by atoms with Gasteiger partial charge in [-0.25, -0.2) is 0 Å². The van der Waals surface area contributed by atoms with Crippen LogP contribution < -0.4 is 11.7 Å². The van der Waals surface area contributed by atoms with Crippen LogP contribution in [0.15, 0.2) is 21.9 Å². The molecule has 3 fully saturated rings. The van der Waals surface area contributed by atoms with Gasteiger partial charge in [-0.3, -0.25) is 0 Å². The van der Waals surface area contributed by atoms with Crippen LogP contribution in [0.4, 0.5) is 0 Å². The first-order valence-corrected chi connectivity index (χ1v) is 10.2. The van der Waals surface area contributed by atoms with E-state index in [2.05, 4.69) is 37.1 Å². The summed E-state index contributed by atoms with van der Waals surface area (Å²) in [6.07, 6.45) is 12.5. The van der Waals surface area contributed by atoms with Crippen molar-refractivity contribution in [1.82, 2.24) is 0 Å². The maximum atomic E-state index is 5.66. The van der Waals surface area contributed by atoms with Crippen LogP contribution in [0.2, 0.25) is 0 Å². The SMILES string of the molecule is C/C(=N/N)[C@@H]1CC[C@@H]2[C@H]3CCC4=C/C(=N/N)CC[C@@]4(C)[C@@H]3CC[C@@]21C. The maximum Gasteiger partial charge on any atom is 0.0600 e. The molecule has 4 N–H and O–H groups in total. The molecule has 0 saturated heterocycles. The van der Waals surface area contributed by atoms with Gasteiger partial charge in [-0.05, 0) is 93.0 Å². The topological polar surface area (TPSA) is 76.8 Å². The first kappa shape index (κ1) is 17.1. The summed E-state index contributed by atoms with van der Waals surface area (Å²) < 4.78 is 0. The highest BCUT2D eigenvalue weighted by Crippen LogP contribution is 2.66. The molecule has 0 radical (unpaired) electrons. The lowest BCUT2D eigenvalue weighted by Gasteiger charge is -2.58. The third-order valence-electron chi connectivity index (χ3n) is 8.85. The second kappa shape index (κ2) is 5.85. The summed E-state index contributed by atoms with van der Waals surface area (Å²) in [5.41, 5.74) is 4.68. The Labute approximate surface area is 152 Å². The molecule has 138 valence electrons. The van der Waals surface area contributed by atoms with Crippen LogP contribution >= 0.6 is 0 Å². The quantitative estimate of drug-likeness (QED) is 0.425. The lowest BCUT2D eigenvalue weighted by molar-refractivity contribution is -0.0407. The zero-order valence-electron chi connectivity index (χ0n) is 16.1. The number of fused-ring (bicyclic) bond motifs is 5. The van der Waals surface area contributed by atoms with Crippen molar-refractivity contribution in [3.63, 3.8) is 0 Å². The van der Waals surface area contributed by atoms with Crippen LogP contribution in [0.25, 0.3) is 0 Å². The predicted molar refractivity (Wildman–Crippen MR) is 104 cm³/mol. The Morgan fingerprint density at radius 2 is 1.84 bits per heavy atom. The molecule has 0 unspecified atom stereocenters. The fourth-order valence-corrected chi connectivity index (χ4v) is 7.45. The summed E-state index contributed by atoms with van der Waals surface area (Å²) in [4.78, 5) is 0. The van der Waals surface area contributed by atoms with Crippen LogP contribution in [0, 0.1) is 34.5 Å². The lowest BCUT2D eigenvalue weighted by atomic mass is 9.46. The van der Waals surface area contributed by atoms with E-state index in [4.69, 9.17) is 11.7 Å². The van der Waals surface area contributed by atoms with Gasteiger partial charge in [0.2, 0.25) is 0 Å². The molecule has 0 spiro atoms. The number of allylic oxidation sites excluding steroid dienone is 2. The minimum Gasteiger partial charge on any atom is -0.323 e. The molecule has 0 bridgehead atoms. The number of rotatable bonds is 1. The summed E-state index contributed by atoms with van der Waals surface area (Å²) in [5.74, 6) is 14.4. The zero-order chi connectivity index (χ0) is 17.8. The molecule has 4 nitrogen and oxygen atoms in total. The summed E-state index contributed by atoms with van der Waals surface area (Å²) in [5, 5.41) is 8.08. The maximum absolute atomic E-state index is 5.66. The van der Waals surface area contributed by atoms with E-state index in [1.54, 1.807) is 5.57 Å². The normalized spacial score (nSPS) is 48.5. The standard InChI is InChI=1S/C21H34N4/c1-13(24-22)17-6-7-18-16-5-4-14-12-15(25-23)8-10-20(14,2)19(16)9-11-21(17,18)3/h12,16-19H,4-11,22-23H2,1-3H3/b24-13-,25-15+/t16-,17+,18-,19-,20-,21-/m1/s1. The van der Waals surface area contributed by atoms with Gasteiger partial charge >= 0.3 is 0 Å². The monoisotopic (exact) mass is 342 g/mol. The zero-order valence-corrected chi connectivity index (χ0v) is 16.1. The Hall–Kier alpha value is -1.32. The third kappa shape index (κ3) is 2.32. The number of nitrogens with zero attached hydrogens (tertiary/aromatic N) is 2. The summed E-state index contributed by atoms with van der Waals surface area (Å²) in [7, 11) is 0. The van der Waals surface area contributed by atoms with Gasteiger partial charge < -0.3 is 11.7 Å². The minimum absolute atomic E-state index is 0.369. The van der Waals surface area contributed by atoms with E-state index >= 15 is 0 Å². The van der Waals surface area contributed by atoms with Gasteiger partial charge in [0.05, 0.1) is 5.71 Å². The molecule has 4 heteroatoms. The summed E-state index contributed by atoms with van der Waals surface area (Å²) in [6.45, 7) is 7.21. The predicted octanol–water partition coefficient (Wildman–Crippen LogP) is 4.21. The molecule has 3 saturated carbocycles. The Morgan fingerprint density at radius 1 is 1.04 bits per heavy atom. The van der Waals surface area contributed by atoms with Crippen LogP contribution in [0.5, 0.6) is 0 Å². The van der Waals surface area contributed by atoms with E-state index in [0.717, 1.165) is 29.9 Å². The Morgan fingerprint density at radius 3 is 2.56 bits per heavy atom. The number of hydrogen-bond acceptors (Lipinski definition) is 4. The van der Waals surface area contributed by atoms with Crippen LogP contribution in [0.1, 0.15) is 72.1 Å². The molecule has 6 atom stereocenters. The van der Waals surface area contributed by atoms with E-state index in [1.165, 1.54) is 50.7 Å². The van der Waals surface area contributed by atoms with Gasteiger partial charge in [0, 0.05) is 11.6 Å². The van der Waals surface area contributed by atoms with Gasteiger partial charge in [-0.15, -0.1) is 0 Å². The van der Waals surface area contributed by atoms with Crippen LogP contribution in [0.3, 0.4) is 0 Å². The van der Waals surface area contributed by atoms with Crippen molar-refractivity contribution in [3.8, 4) is 0 Å². The van der Waals surface area contributed by atoms with Crippen LogP contribution in [-0.2, 0) is 0 Å². The van der Waals surface area contributed by atoms with Crippen molar-refractivity contribution in [1.29, 1.82) is 0 Å². The molecule has 4 aliphatic carbocycles. The number of nitrogens with two attached hydrogens (primary N) is 2. The molecular weight excluding hydrogens is 308 g/mol. The molecule has 25 heavy (non-hydrogen) atoms. The van der Waals surface area contributed by atoms with E-state index < -0.39 is 0 Å². The second-order valence-corrected chi connectivity index (χ2v) is 9.57. The highest BCUT2D eigenvalue weighted by Gasteiger charge is 2.59. The second-order valence-electron chi connectivity index (χ2n) is 9.57. The third-order valence-corrected chi connectivity index (χ3v) is 8.85. The molecule has 0 heterocycles. The highest BCUT2D eigenvalue weighted by molar-refractivity contribution is 5.96. The largest absolute Gasteiger partial charge is 0.323 e. The summed E-state index contributed by atoms with van der Waals surface area (Å²) in [6, 6.07) is 0. The van der Waals surface area contributed by atoms with Crippen molar-refractivity contribution in [2.24, 2.45) is 56.4 Å². The summed E-state index contributed by atoms with van der Waals surface area (Å²) >= 11 is 0. The Balaban J connectivity index is 1.65. The van der Waals surface area contributed by atoms with E-state index in [1.807, 2.05) is 0 Å². The molecule has 0 aromatic carbocycles. The Bertz CT molecular complexity index is 648. The molecule has 0 aromatic rings. The minimum atomic E-state index is 0.369. The van der Waals surface area contributed by atoms with Crippen molar-refractivity contribution < 1.29 is 0 Å². The lowest BCUT2D eigenvalue weighted by Crippen LogP contribution is -2.51. The van der Waals surface area contributed by atoms with E-state index in [9.17, 15) is 0 Å². The van der Waals surface area contributed by atoms with Gasteiger partial charge in [0.25, 0.3) is 0 Å². The fraction of sp³-hybridized carbons (Fsp3) is 0.810. The van der Waals surface area contributed by atoms with Crippen LogP contribution in [-0.4, -0.2) is 11.4 Å².